The number of nitrogens with one attached hydrogen (secondary N) is 2. The summed E-state index contributed by atoms with van der Waals surface area (Å²) in [6.07, 6.45) is 2.23. The Labute approximate surface area is 172 Å². The molecule has 1 fully saturated rings. The van der Waals surface area contributed by atoms with Gasteiger partial charge in [-0.25, -0.2) is 0 Å². The molecule has 2 aromatic carbocycles. The van der Waals surface area contributed by atoms with Gasteiger partial charge in [0.2, 0.25) is 11.8 Å². The first kappa shape index (κ1) is 20.8. The summed E-state index contributed by atoms with van der Waals surface area (Å²) in [6, 6.07) is 19.1. The molecule has 3 rings (SSSR count). The van der Waals surface area contributed by atoms with Crippen molar-refractivity contribution in [3.63, 3.8) is 0 Å². The van der Waals surface area contributed by atoms with Crippen molar-refractivity contribution in [2.24, 2.45) is 0 Å². The molecule has 0 spiro atoms. The van der Waals surface area contributed by atoms with Crippen LogP contribution in [0, 0.1) is 0 Å². The first-order chi connectivity index (χ1) is 14.0. The highest BCUT2D eigenvalue weighted by atomic mass is 16.2. The van der Waals surface area contributed by atoms with E-state index in [-0.39, 0.29) is 24.3 Å². The van der Waals surface area contributed by atoms with Crippen molar-refractivity contribution < 1.29 is 9.59 Å². The van der Waals surface area contributed by atoms with Crippen LogP contribution in [0.5, 0.6) is 0 Å². The summed E-state index contributed by atoms with van der Waals surface area (Å²) in [7, 11) is 0. The van der Waals surface area contributed by atoms with Gasteiger partial charge in [0.25, 0.3) is 0 Å². The maximum atomic E-state index is 13.0. The minimum atomic E-state index is -0.452. The third kappa shape index (κ3) is 5.78. The number of allylic oxidation sites excluding steroid dienone is 1. The van der Waals surface area contributed by atoms with Crippen LogP contribution < -0.4 is 10.6 Å². The van der Waals surface area contributed by atoms with Gasteiger partial charge >= 0.3 is 0 Å². The van der Waals surface area contributed by atoms with Crippen LogP contribution in [0.25, 0.3) is 0 Å². The Bertz CT molecular complexity index is 805. The van der Waals surface area contributed by atoms with Crippen molar-refractivity contribution in [1.82, 2.24) is 15.5 Å². The Kier molecular flexibility index (Phi) is 7.19. The number of hydrogen-bond acceptors (Lipinski definition) is 3. The molecule has 2 amide bonds. The van der Waals surface area contributed by atoms with Crippen molar-refractivity contribution in [2.75, 3.05) is 19.6 Å². The van der Waals surface area contributed by atoms with E-state index in [1.54, 1.807) is 0 Å². The van der Waals surface area contributed by atoms with Crippen LogP contribution in [-0.2, 0) is 9.59 Å². The van der Waals surface area contributed by atoms with Gasteiger partial charge in [-0.05, 0) is 25.0 Å². The Hall–Kier alpha value is -2.92. The molecule has 0 aliphatic carbocycles. The van der Waals surface area contributed by atoms with Crippen LogP contribution >= 0.6 is 0 Å². The predicted octanol–water partition coefficient (Wildman–Crippen LogP) is 3.05. The third-order valence-electron chi connectivity index (χ3n) is 5.13. The lowest BCUT2D eigenvalue weighted by atomic mass is 9.98. The highest BCUT2D eigenvalue weighted by molar-refractivity contribution is 5.89. The highest BCUT2D eigenvalue weighted by Gasteiger charge is 2.31. The van der Waals surface area contributed by atoms with Crippen LogP contribution in [0.15, 0.2) is 72.3 Å². The number of amides is 2. The van der Waals surface area contributed by atoms with Gasteiger partial charge < -0.3 is 10.6 Å². The smallest absolute Gasteiger partial charge is 0.237 e. The molecule has 29 heavy (non-hydrogen) atoms. The van der Waals surface area contributed by atoms with Gasteiger partial charge in [-0.1, -0.05) is 72.3 Å². The summed E-state index contributed by atoms with van der Waals surface area (Å²) in [5.41, 5.74) is 3.23. The zero-order valence-electron chi connectivity index (χ0n) is 17.1. The van der Waals surface area contributed by atoms with E-state index in [4.69, 9.17) is 0 Å². The second-order valence-electron chi connectivity index (χ2n) is 7.61. The molecule has 1 heterocycles. The lowest BCUT2D eigenvalue weighted by Crippen LogP contribution is -2.56. The van der Waals surface area contributed by atoms with Gasteiger partial charge in [-0.3, -0.25) is 14.5 Å². The summed E-state index contributed by atoms with van der Waals surface area (Å²) >= 11 is 0. The van der Waals surface area contributed by atoms with E-state index >= 15 is 0 Å². The molecule has 152 valence electrons. The average molecular weight is 392 g/mol. The zero-order valence-corrected chi connectivity index (χ0v) is 17.1. The van der Waals surface area contributed by atoms with Gasteiger partial charge in [0.15, 0.2) is 0 Å². The van der Waals surface area contributed by atoms with Gasteiger partial charge in [0.05, 0.1) is 18.5 Å². The molecule has 0 bridgehead atoms. The van der Waals surface area contributed by atoms with Crippen LogP contribution in [0.3, 0.4) is 0 Å². The van der Waals surface area contributed by atoms with Crippen molar-refractivity contribution in [3.8, 4) is 0 Å². The van der Waals surface area contributed by atoms with Crippen molar-refractivity contribution in [1.29, 1.82) is 0 Å². The average Bonchev–Trinajstić information content (AvgIpc) is 2.73. The highest BCUT2D eigenvalue weighted by Crippen LogP contribution is 2.22. The number of nitrogens with zero attached hydrogens (tertiary/aromatic N) is 1. The number of carbonyl (C=O) groups excluding carboxylic acids is 2. The molecule has 1 aliphatic rings. The summed E-state index contributed by atoms with van der Waals surface area (Å²) in [5.74, 6) is -0.212. The van der Waals surface area contributed by atoms with Crippen LogP contribution in [0.4, 0.5) is 0 Å². The number of piperazine rings is 1. The second kappa shape index (κ2) is 10.0. The molecule has 2 N–H and O–H groups in total. The predicted molar refractivity (Wildman–Crippen MR) is 115 cm³/mol. The molecule has 1 atom stereocenters. The molecule has 0 saturated carbocycles. The van der Waals surface area contributed by atoms with E-state index in [1.165, 1.54) is 5.57 Å². The van der Waals surface area contributed by atoms with Crippen LogP contribution in [-0.4, -0.2) is 42.4 Å². The Morgan fingerprint density at radius 1 is 1.10 bits per heavy atom. The number of benzene rings is 2. The fourth-order valence-electron chi connectivity index (χ4n) is 3.55. The summed E-state index contributed by atoms with van der Waals surface area (Å²) < 4.78 is 0. The number of rotatable bonds is 7. The number of hydrogen-bond donors (Lipinski definition) is 2. The standard InChI is InChI=1S/C24H29N3O2/c1-18(2)13-15-27-16-14-25-24(29)21(27)17-22(28)26-23(19-9-5-3-6-10-19)20-11-7-4-8-12-20/h3-13,21,23H,14-17H2,1-2H3,(H,25,29)(H,26,28)/t21-/m0/s1. The lowest BCUT2D eigenvalue weighted by molar-refractivity contribution is -0.133. The van der Waals surface area contributed by atoms with E-state index in [9.17, 15) is 9.59 Å². The molecule has 1 saturated heterocycles. The summed E-state index contributed by atoms with van der Waals surface area (Å²) in [5, 5.41) is 6.03. The van der Waals surface area contributed by atoms with E-state index in [2.05, 4.69) is 21.6 Å². The molecular formula is C24H29N3O2. The quantitative estimate of drug-likeness (QED) is 0.713. The Balaban J connectivity index is 1.75. The molecule has 5 nitrogen and oxygen atoms in total. The fraction of sp³-hybridized carbons (Fsp3) is 0.333. The molecule has 0 unspecified atom stereocenters. The first-order valence-electron chi connectivity index (χ1n) is 10.1. The second-order valence-corrected chi connectivity index (χ2v) is 7.61. The monoisotopic (exact) mass is 391 g/mol. The van der Waals surface area contributed by atoms with Crippen molar-refractivity contribution >= 4 is 11.8 Å². The van der Waals surface area contributed by atoms with E-state index < -0.39 is 6.04 Å². The minimum absolute atomic E-state index is 0.0791. The Morgan fingerprint density at radius 3 is 2.24 bits per heavy atom. The molecular weight excluding hydrogens is 362 g/mol. The maximum absolute atomic E-state index is 13.0. The Morgan fingerprint density at radius 2 is 1.69 bits per heavy atom. The van der Waals surface area contributed by atoms with Crippen LogP contribution in [0.2, 0.25) is 0 Å². The van der Waals surface area contributed by atoms with Gasteiger partial charge in [0, 0.05) is 19.6 Å². The van der Waals surface area contributed by atoms with E-state index in [0.29, 0.717) is 13.1 Å². The topological polar surface area (TPSA) is 61.4 Å². The number of carbonyl (C=O) groups is 2. The molecule has 0 radical (unpaired) electrons. The van der Waals surface area contributed by atoms with Gasteiger partial charge in [-0.15, -0.1) is 0 Å². The third-order valence-corrected chi connectivity index (χ3v) is 5.13. The van der Waals surface area contributed by atoms with Gasteiger partial charge in [0.1, 0.15) is 0 Å². The van der Waals surface area contributed by atoms with Crippen molar-refractivity contribution in [3.05, 3.63) is 83.4 Å². The first-order valence-corrected chi connectivity index (χ1v) is 10.1. The maximum Gasteiger partial charge on any atom is 0.237 e. The summed E-state index contributed by atoms with van der Waals surface area (Å²) in [4.78, 5) is 27.5. The molecule has 1 aliphatic heterocycles. The van der Waals surface area contributed by atoms with Crippen molar-refractivity contribution in [2.45, 2.75) is 32.4 Å². The SMILES string of the molecule is CC(C)=CCN1CCNC(=O)[C@@H]1CC(=O)NC(c1ccccc1)c1ccccc1. The minimum Gasteiger partial charge on any atom is -0.353 e. The lowest BCUT2D eigenvalue weighted by Gasteiger charge is -2.34. The molecule has 5 heteroatoms. The fourth-order valence-corrected chi connectivity index (χ4v) is 3.55. The van der Waals surface area contributed by atoms with E-state index in [0.717, 1.165) is 17.7 Å². The van der Waals surface area contributed by atoms with E-state index in [1.807, 2.05) is 74.5 Å². The van der Waals surface area contributed by atoms with Crippen LogP contribution in [0.1, 0.15) is 37.4 Å². The summed E-state index contributed by atoms with van der Waals surface area (Å²) in [6.45, 7) is 6.11. The normalized spacial score (nSPS) is 16.9. The molecule has 2 aromatic rings. The largest absolute Gasteiger partial charge is 0.353 e. The van der Waals surface area contributed by atoms with Gasteiger partial charge in [-0.2, -0.15) is 0 Å². The zero-order chi connectivity index (χ0) is 20.6. The molecule has 0 aromatic heterocycles.